The molecule has 0 spiro atoms. The highest BCUT2D eigenvalue weighted by atomic mass is 32.2. The highest BCUT2D eigenvalue weighted by Crippen LogP contribution is 2.23. The van der Waals surface area contributed by atoms with E-state index in [0.717, 1.165) is 11.4 Å². The lowest BCUT2D eigenvalue weighted by Gasteiger charge is -2.20. The number of benzene rings is 1. The molecular formula is C20H20N4O3S. The second kappa shape index (κ2) is 9.67. The van der Waals surface area contributed by atoms with E-state index in [2.05, 4.69) is 11.1 Å². The van der Waals surface area contributed by atoms with Gasteiger partial charge in [-0.3, -0.25) is 9.36 Å². The van der Waals surface area contributed by atoms with Crippen molar-refractivity contribution in [1.82, 2.24) is 14.5 Å². The lowest BCUT2D eigenvalue weighted by Crippen LogP contribution is -2.32. The summed E-state index contributed by atoms with van der Waals surface area (Å²) in [5.74, 6) is 1.58. The summed E-state index contributed by atoms with van der Waals surface area (Å²) < 4.78 is 12.5. The minimum atomic E-state index is -0.0724. The first-order valence-corrected chi connectivity index (χ1v) is 9.67. The first-order chi connectivity index (χ1) is 13.7. The van der Waals surface area contributed by atoms with Gasteiger partial charge in [-0.15, -0.1) is 0 Å². The highest BCUT2D eigenvalue weighted by molar-refractivity contribution is 7.99. The molecule has 1 aromatic carbocycles. The van der Waals surface area contributed by atoms with Crippen LogP contribution in [0.5, 0.6) is 5.75 Å². The molecule has 2 heterocycles. The SMILES string of the molecule is COc1cccc(-n2ccnc2SCC(=O)N(CCC#N)Cc2ccco2)c1. The number of amides is 1. The number of hydrogen-bond donors (Lipinski definition) is 0. The molecular weight excluding hydrogens is 376 g/mol. The van der Waals surface area contributed by atoms with Crippen LogP contribution in [0.15, 0.2) is 64.6 Å². The van der Waals surface area contributed by atoms with Crippen molar-refractivity contribution in [1.29, 1.82) is 5.26 Å². The maximum absolute atomic E-state index is 12.7. The third-order valence-electron chi connectivity index (χ3n) is 4.04. The third kappa shape index (κ3) is 4.96. The van der Waals surface area contributed by atoms with Crippen molar-refractivity contribution in [2.24, 2.45) is 0 Å². The topological polar surface area (TPSA) is 84.3 Å². The summed E-state index contributed by atoms with van der Waals surface area (Å²) in [5.41, 5.74) is 0.906. The molecule has 0 unspecified atom stereocenters. The molecule has 0 N–H and O–H groups in total. The van der Waals surface area contributed by atoms with Crippen LogP contribution < -0.4 is 4.74 Å². The highest BCUT2D eigenvalue weighted by Gasteiger charge is 2.17. The Morgan fingerprint density at radius 2 is 2.29 bits per heavy atom. The number of carbonyl (C=O) groups is 1. The molecule has 3 aromatic rings. The fourth-order valence-electron chi connectivity index (χ4n) is 2.64. The molecule has 0 aliphatic rings. The van der Waals surface area contributed by atoms with Crippen molar-refractivity contribution in [3.8, 4) is 17.5 Å². The zero-order chi connectivity index (χ0) is 19.8. The maximum Gasteiger partial charge on any atom is 0.233 e. The maximum atomic E-state index is 12.7. The third-order valence-corrected chi connectivity index (χ3v) is 4.99. The Labute approximate surface area is 167 Å². The molecule has 2 aromatic heterocycles. The average molecular weight is 396 g/mol. The predicted molar refractivity (Wildman–Crippen MR) is 105 cm³/mol. The molecule has 28 heavy (non-hydrogen) atoms. The van der Waals surface area contributed by atoms with Gasteiger partial charge in [0, 0.05) is 25.0 Å². The molecule has 0 atom stereocenters. The number of nitrogens with zero attached hydrogens (tertiary/aromatic N) is 4. The second-order valence-electron chi connectivity index (χ2n) is 5.87. The van der Waals surface area contributed by atoms with Crippen molar-refractivity contribution in [2.75, 3.05) is 19.4 Å². The Kier molecular flexibility index (Phi) is 6.76. The summed E-state index contributed by atoms with van der Waals surface area (Å²) in [4.78, 5) is 18.7. The van der Waals surface area contributed by atoms with Gasteiger partial charge in [-0.2, -0.15) is 5.26 Å². The van der Waals surface area contributed by atoms with Crippen LogP contribution >= 0.6 is 11.8 Å². The molecule has 1 amide bonds. The zero-order valence-electron chi connectivity index (χ0n) is 15.4. The van der Waals surface area contributed by atoms with E-state index in [1.165, 1.54) is 11.8 Å². The second-order valence-corrected chi connectivity index (χ2v) is 6.82. The number of imidazole rings is 1. The average Bonchev–Trinajstić information content (AvgIpc) is 3.41. The fourth-order valence-corrected chi connectivity index (χ4v) is 3.51. The molecule has 0 saturated heterocycles. The van der Waals surface area contributed by atoms with Gasteiger partial charge in [-0.05, 0) is 24.3 Å². The van der Waals surface area contributed by atoms with Gasteiger partial charge in [-0.25, -0.2) is 4.98 Å². The fraction of sp³-hybridized carbons (Fsp3) is 0.250. The van der Waals surface area contributed by atoms with Crippen LogP contribution in [0.3, 0.4) is 0 Å². The quantitative estimate of drug-likeness (QED) is 0.515. The molecule has 3 rings (SSSR count). The summed E-state index contributed by atoms with van der Waals surface area (Å²) in [5, 5.41) is 9.58. The number of rotatable bonds is 9. The number of carbonyl (C=O) groups excluding carboxylic acids is 1. The van der Waals surface area contributed by atoms with Crippen molar-refractivity contribution in [3.63, 3.8) is 0 Å². The molecule has 0 aliphatic heterocycles. The van der Waals surface area contributed by atoms with Gasteiger partial charge in [0.05, 0.1) is 43.8 Å². The van der Waals surface area contributed by atoms with Crippen LogP contribution in [0.25, 0.3) is 5.69 Å². The van der Waals surface area contributed by atoms with Crippen LogP contribution in [0.4, 0.5) is 0 Å². The van der Waals surface area contributed by atoms with Crippen LogP contribution in [-0.2, 0) is 11.3 Å². The van der Waals surface area contributed by atoms with E-state index in [1.807, 2.05) is 41.1 Å². The van der Waals surface area contributed by atoms with Crippen molar-refractivity contribution in [3.05, 3.63) is 60.8 Å². The number of thioether (sulfide) groups is 1. The van der Waals surface area contributed by atoms with Crippen LogP contribution in [0, 0.1) is 11.3 Å². The van der Waals surface area contributed by atoms with E-state index in [4.69, 9.17) is 14.4 Å². The molecule has 0 radical (unpaired) electrons. The van der Waals surface area contributed by atoms with Crippen LogP contribution in [0.1, 0.15) is 12.2 Å². The largest absolute Gasteiger partial charge is 0.497 e. The monoisotopic (exact) mass is 396 g/mol. The van der Waals surface area contributed by atoms with Crippen molar-refractivity contribution < 1.29 is 13.9 Å². The van der Waals surface area contributed by atoms with Gasteiger partial charge < -0.3 is 14.1 Å². The number of hydrogen-bond acceptors (Lipinski definition) is 6. The summed E-state index contributed by atoms with van der Waals surface area (Å²) in [6, 6.07) is 13.3. The van der Waals surface area contributed by atoms with Crippen LogP contribution in [-0.4, -0.2) is 39.8 Å². The molecule has 8 heteroatoms. The number of nitriles is 1. The van der Waals surface area contributed by atoms with Gasteiger partial charge in [0.15, 0.2) is 5.16 Å². The van der Waals surface area contributed by atoms with E-state index >= 15 is 0 Å². The summed E-state index contributed by atoms with van der Waals surface area (Å²) in [7, 11) is 1.62. The summed E-state index contributed by atoms with van der Waals surface area (Å²) in [6.07, 6.45) is 5.39. The first-order valence-electron chi connectivity index (χ1n) is 8.69. The van der Waals surface area contributed by atoms with Crippen molar-refractivity contribution in [2.45, 2.75) is 18.1 Å². The summed E-state index contributed by atoms with van der Waals surface area (Å²) >= 11 is 1.35. The minimum absolute atomic E-state index is 0.0724. The Balaban J connectivity index is 1.68. The minimum Gasteiger partial charge on any atom is -0.497 e. The molecule has 0 saturated carbocycles. The van der Waals surface area contributed by atoms with E-state index in [-0.39, 0.29) is 18.1 Å². The smallest absolute Gasteiger partial charge is 0.233 e. The Bertz CT molecular complexity index is 947. The zero-order valence-corrected chi connectivity index (χ0v) is 16.3. The normalized spacial score (nSPS) is 10.4. The van der Waals surface area contributed by atoms with E-state index in [1.54, 1.807) is 30.5 Å². The van der Waals surface area contributed by atoms with Gasteiger partial charge >= 0.3 is 0 Å². The molecule has 0 fully saturated rings. The van der Waals surface area contributed by atoms with Crippen molar-refractivity contribution >= 4 is 17.7 Å². The number of ether oxygens (including phenoxy) is 1. The van der Waals surface area contributed by atoms with Gasteiger partial charge in [-0.1, -0.05) is 17.8 Å². The first kappa shape index (κ1) is 19.6. The van der Waals surface area contributed by atoms with E-state index in [0.29, 0.717) is 24.0 Å². The predicted octanol–water partition coefficient (Wildman–Crippen LogP) is 3.51. The van der Waals surface area contributed by atoms with Gasteiger partial charge in [0.1, 0.15) is 11.5 Å². The Morgan fingerprint density at radius 1 is 1.39 bits per heavy atom. The van der Waals surface area contributed by atoms with Gasteiger partial charge in [0.25, 0.3) is 0 Å². The Morgan fingerprint density at radius 3 is 3.04 bits per heavy atom. The molecule has 0 aliphatic carbocycles. The van der Waals surface area contributed by atoms with Crippen LogP contribution in [0.2, 0.25) is 0 Å². The molecule has 7 nitrogen and oxygen atoms in total. The molecule has 0 bridgehead atoms. The van der Waals surface area contributed by atoms with E-state index < -0.39 is 0 Å². The lowest BCUT2D eigenvalue weighted by molar-refractivity contribution is -0.129. The number of furan rings is 1. The van der Waals surface area contributed by atoms with E-state index in [9.17, 15) is 4.79 Å². The number of methoxy groups -OCH3 is 1. The standard InChI is InChI=1S/C20H20N4O3S/c1-26-17-6-2-5-16(13-17)24-11-9-22-20(24)28-15-19(25)23(10-4-8-21)14-18-7-3-12-27-18/h2-3,5-7,9,11-13H,4,10,14-15H2,1H3. The lowest BCUT2D eigenvalue weighted by atomic mass is 10.3. The summed E-state index contributed by atoms with van der Waals surface area (Å²) in [6.45, 7) is 0.708. The Hall–Kier alpha value is -3.18. The number of aromatic nitrogens is 2. The molecule has 144 valence electrons. The van der Waals surface area contributed by atoms with Gasteiger partial charge in [0.2, 0.25) is 5.91 Å².